The van der Waals surface area contributed by atoms with Crippen LogP contribution in [0.15, 0.2) is 83.7 Å². The fourth-order valence-electron chi connectivity index (χ4n) is 5.76. The molecule has 2 atom stereocenters. The third kappa shape index (κ3) is 9.39. The Morgan fingerprint density at radius 1 is 0.878 bits per heavy atom. The van der Waals surface area contributed by atoms with E-state index in [2.05, 4.69) is 28.7 Å². The van der Waals surface area contributed by atoms with Crippen molar-refractivity contribution in [3.05, 3.63) is 123 Å². The maximum atomic E-state index is 13.6. The van der Waals surface area contributed by atoms with Crippen LogP contribution in [-0.4, -0.2) is 42.7 Å². The van der Waals surface area contributed by atoms with Crippen molar-refractivity contribution in [2.75, 3.05) is 24.7 Å². The van der Waals surface area contributed by atoms with Crippen LogP contribution in [0.1, 0.15) is 48.7 Å². The van der Waals surface area contributed by atoms with Crippen molar-refractivity contribution in [2.24, 2.45) is 11.5 Å². The summed E-state index contributed by atoms with van der Waals surface area (Å²) >= 11 is 0. The van der Waals surface area contributed by atoms with Gasteiger partial charge in [0.05, 0.1) is 11.7 Å². The van der Waals surface area contributed by atoms with Crippen LogP contribution in [0, 0.1) is 29.5 Å². The van der Waals surface area contributed by atoms with Gasteiger partial charge in [-0.2, -0.15) is 0 Å². The first-order chi connectivity index (χ1) is 23.5. The molecular formula is C40H41FN4O4. The number of fused-ring (bicyclic) bond motifs is 1. The van der Waals surface area contributed by atoms with Gasteiger partial charge in [0, 0.05) is 35.7 Å². The highest BCUT2D eigenvalue weighted by atomic mass is 19.1. The van der Waals surface area contributed by atoms with E-state index in [-0.39, 0.29) is 36.5 Å². The number of hydrogen-bond donors (Lipinski definition) is 3. The van der Waals surface area contributed by atoms with Crippen LogP contribution in [0.5, 0.6) is 11.5 Å². The summed E-state index contributed by atoms with van der Waals surface area (Å²) in [4.78, 5) is 31.3. The lowest BCUT2D eigenvalue weighted by atomic mass is 9.91. The molecule has 1 aliphatic rings. The Balaban J connectivity index is 1.11. The molecule has 2 heterocycles. The van der Waals surface area contributed by atoms with Crippen molar-refractivity contribution < 1.29 is 18.7 Å². The van der Waals surface area contributed by atoms with E-state index >= 15 is 0 Å². The molecule has 1 amide bonds. The fraction of sp³-hybridized carbons (Fsp3) is 0.300. The largest absolute Gasteiger partial charge is 0.481 e. The van der Waals surface area contributed by atoms with Gasteiger partial charge in [0.25, 0.3) is 5.56 Å². The van der Waals surface area contributed by atoms with Gasteiger partial charge in [-0.15, -0.1) is 0 Å². The Bertz CT molecular complexity index is 1950. The van der Waals surface area contributed by atoms with Crippen LogP contribution >= 0.6 is 0 Å². The zero-order valence-corrected chi connectivity index (χ0v) is 28.0. The minimum Gasteiger partial charge on any atom is -0.481 e. The van der Waals surface area contributed by atoms with Gasteiger partial charge in [-0.1, -0.05) is 50.2 Å². The number of pyridine rings is 1. The molecule has 5 rings (SSSR count). The maximum Gasteiger partial charge on any atom is 0.251 e. The number of amides is 1. The van der Waals surface area contributed by atoms with Crippen molar-refractivity contribution in [3.63, 3.8) is 0 Å². The number of nitrogens with zero attached hydrogens (tertiary/aromatic N) is 1. The number of ether oxygens (including phenoxy) is 2. The van der Waals surface area contributed by atoms with E-state index in [0.717, 1.165) is 28.9 Å². The molecule has 1 aliphatic heterocycles. The van der Waals surface area contributed by atoms with E-state index in [9.17, 15) is 14.0 Å². The third-order valence-corrected chi connectivity index (χ3v) is 8.23. The first-order valence-corrected chi connectivity index (χ1v) is 16.2. The summed E-state index contributed by atoms with van der Waals surface area (Å²) in [6.45, 7) is 6.73. The molecule has 4 aromatic rings. The summed E-state index contributed by atoms with van der Waals surface area (Å²) in [5.41, 5.74) is 16.3. The zero-order valence-electron chi connectivity index (χ0n) is 28.0. The van der Waals surface area contributed by atoms with E-state index in [0.29, 0.717) is 42.1 Å². The molecule has 0 radical (unpaired) electrons. The Kier molecular flexibility index (Phi) is 11.2. The topological polar surface area (TPSA) is 124 Å². The maximum absolute atomic E-state index is 13.6. The van der Waals surface area contributed by atoms with Gasteiger partial charge in [-0.05, 0) is 103 Å². The van der Waals surface area contributed by atoms with Crippen LogP contribution in [0.3, 0.4) is 0 Å². The van der Waals surface area contributed by atoms with Gasteiger partial charge in [0.15, 0.2) is 0 Å². The zero-order chi connectivity index (χ0) is 35.0. The predicted molar refractivity (Wildman–Crippen MR) is 190 cm³/mol. The summed E-state index contributed by atoms with van der Waals surface area (Å²) in [5.74, 6) is 12.1. The Hall–Kier alpha value is -5.35. The van der Waals surface area contributed by atoms with E-state index in [1.165, 1.54) is 12.1 Å². The number of carbonyl (C=O) groups is 1. The second-order valence-electron chi connectivity index (χ2n) is 13.0. The van der Waals surface area contributed by atoms with Gasteiger partial charge in [0.1, 0.15) is 30.5 Å². The SMILES string of the molecule is C[C@H](N)Cc1ccc(OCC#CC#CCOc2ccc(C[C@H](N)C(=O)N3CC(C)(C)c4[nH]c(=O)c(Cc5ccc(F)cc5)cc43)cc2)cc1. The molecule has 5 N–H and O–H groups in total. The molecule has 8 nitrogen and oxygen atoms in total. The molecule has 3 aromatic carbocycles. The van der Waals surface area contributed by atoms with E-state index < -0.39 is 11.5 Å². The number of nitrogens with two attached hydrogens (primary N) is 2. The van der Waals surface area contributed by atoms with E-state index in [1.54, 1.807) is 23.1 Å². The molecule has 9 heteroatoms. The van der Waals surface area contributed by atoms with Crippen LogP contribution in [0.2, 0.25) is 0 Å². The van der Waals surface area contributed by atoms with E-state index in [4.69, 9.17) is 20.9 Å². The third-order valence-electron chi connectivity index (χ3n) is 8.23. The molecule has 0 saturated carbocycles. The number of halogens is 1. The molecule has 49 heavy (non-hydrogen) atoms. The lowest BCUT2D eigenvalue weighted by Gasteiger charge is -2.23. The fourth-order valence-corrected chi connectivity index (χ4v) is 5.76. The first kappa shape index (κ1) is 35.0. The van der Waals surface area contributed by atoms with Crippen molar-refractivity contribution in [3.8, 4) is 35.2 Å². The van der Waals surface area contributed by atoms with Crippen LogP contribution in [0.25, 0.3) is 0 Å². The number of rotatable bonds is 11. The van der Waals surface area contributed by atoms with Gasteiger partial charge in [-0.3, -0.25) is 9.59 Å². The summed E-state index contributed by atoms with van der Waals surface area (Å²) in [5, 5.41) is 0. The Morgan fingerprint density at radius 2 is 1.41 bits per heavy atom. The first-order valence-electron chi connectivity index (χ1n) is 16.2. The Morgan fingerprint density at radius 3 is 1.96 bits per heavy atom. The molecule has 0 saturated heterocycles. The average Bonchev–Trinajstić information content (AvgIpc) is 3.33. The second-order valence-corrected chi connectivity index (χ2v) is 13.0. The summed E-state index contributed by atoms with van der Waals surface area (Å²) in [6, 6.07) is 22.3. The quantitative estimate of drug-likeness (QED) is 0.201. The number of benzene rings is 3. The molecule has 0 bridgehead atoms. The van der Waals surface area contributed by atoms with Crippen LogP contribution in [-0.2, 0) is 29.5 Å². The lowest BCUT2D eigenvalue weighted by Crippen LogP contribution is -2.46. The minimum atomic E-state index is -0.797. The smallest absolute Gasteiger partial charge is 0.251 e. The number of H-pyrrole nitrogens is 1. The summed E-state index contributed by atoms with van der Waals surface area (Å²) in [7, 11) is 0. The summed E-state index contributed by atoms with van der Waals surface area (Å²) < 4.78 is 24.7. The monoisotopic (exact) mass is 660 g/mol. The van der Waals surface area contributed by atoms with Crippen molar-refractivity contribution >= 4 is 11.6 Å². The number of nitrogens with one attached hydrogen (secondary N) is 1. The van der Waals surface area contributed by atoms with E-state index in [1.807, 2.05) is 69.3 Å². The summed E-state index contributed by atoms with van der Waals surface area (Å²) in [6.07, 6.45) is 1.46. The number of aromatic amines is 1. The molecule has 0 unspecified atom stereocenters. The molecule has 252 valence electrons. The Labute approximate surface area is 286 Å². The highest BCUT2D eigenvalue weighted by Crippen LogP contribution is 2.39. The normalized spacial score (nSPS) is 14.0. The number of anilines is 1. The molecular weight excluding hydrogens is 619 g/mol. The predicted octanol–water partition coefficient (Wildman–Crippen LogP) is 4.65. The number of aromatic nitrogens is 1. The molecule has 0 aliphatic carbocycles. The van der Waals surface area contributed by atoms with Gasteiger partial charge < -0.3 is 30.8 Å². The van der Waals surface area contributed by atoms with Gasteiger partial charge >= 0.3 is 0 Å². The standard InChI is InChI=1S/C40H41FN4O4/c1-27(42)22-28-10-16-33(17-11-28)48-20-6-4-5-7-21-49-34-18-12-30(13-19-34)24-35(43)39(47)45-26-40(2,3)37-36(45)25-31(38(46)44-37)23-29-8-14-32(41)15-9-29/h8-19,25,27,35H,20-24,26,42-43H2,1-3H3,(H,44,46)/t27-,35-/m0/s1. The van der Waals surface area contributed by atoms with Crippen LogP contribution in [0.4, 0.5) is 10.1 Å². The van der Waals surface area contributed by atoms with Crippen LogP contribution < -0.4 is 31.4 Å². The lowest BCUT2D eigenvalue weighted by molar-refractivity contribution is -0.119. The average molecular weight is 661 g/mol. The number of carbonyl (C=O) groups excluding carboxylic acids is 1. The highest BCUT2D eigenvalue weighted by Gasteiger charge is 2.40. The van der Waals surface area contributed by atoms with Crippen molar-refractivity contribution in [1.82, 2.24) is 4.98 Å². The van der Waals surface area contributed by atoms with Crippen molar-refractivity contribution in [2.45, 2.75) is 57.5 Å². The molecule has 0 spiro atoms. The van der Waals surface area contributed by atoms with Crippen molar-refractivity contribution in [1.29, 1.82) is 0 Å². The second kappa shape index (κ2) is 15.7. The molecule has 1 aromatic heterocycles. The molecule has 0 fully saturated rings. The highest BCUT2D eigenvalue weighted by molar-refractivity contribution is 5.99. The van der Waals surface area contributed by atoms with Gasteiger partial charge in [0.2, 0.25) is 5.91 Å². The minimum absolute atomic E-state index is 0.113. The number of hydrogen-bond acceptors (Lipinski definition) is 6. The van der Waals surface area contributed by atoms with Gasteiger partial charge in [-0.25, -0.2) is 4.39 Å².